The first kappa shape index (κ1) is 17.2. The zero-order valence-corrected chi connectivity index (χ0v) is 13.6. The number of piperidine rings is 1. The van der Waals surface area contributed by atoms with Gasteiger partial charge in [-0.25, -0.2) is 4.39 Å². The molecule has 0 radical (unpaired) electrons. The van der Waals surface area contributed by atoms with Crippen molar-refractivity contribution in [3.8, 4) is 0 Å². The lowest BCUT2D eigenvalue weighted by molar-refractivity contribution is -0.132. The highest BCUT2D eigenvalue weighted by Crippen LogP contribution is 2.25. The normalized spacial score (nSPS) is 22.4. The van der Waals surface area contributed by atoms with E-state index in [0.717, 1.165) is 44.0 Å². The van der Waals surface area contributed by atoms with Crippen LogP contribution in [-0.2, 0) is 11.2 Å². The Morgan fingerprint density at radius 2 is 1.86 bits per heavy atom. The van der Waals surface area contributed by atoms with Gasteiger partial charge in [0.2, 0.25) is 5.91 Å². The molecule has 1 unspecified atom stereocenters. The van der Waals surface area contributed by atoms with Gasteiger partial charge >= 0.3 is 0 Å². The van der Waals surface area contributed by atoms with Crippen molar-refractivity contribution >= 4 is 18.3 Å². The maximum Gasteiger partial charge on any atom is 0.226 e. The number of carbonyl (C=O) groups excluding carboxylic acids is 1. The number of amides is 1. The van der Waals surface area contributed by atoms with Crippen molar-refractivity contribution in [2.45, 2.75) is 38.1 Å². The van der Waals surface area contributed by atoms with Crippen LogP contribution in [0.1, 0.15) is 31.2 Å². The van der Waals surface area contributed by atoms with Crippen molar-refractivity contribution in [3.05, 3.63) is 35.6 Å². The Kier molecular flexibility index (Phi) is 6.21. The summed E-state index contributed by atoms with van der Waals surface area (Å²) >= 11 is 0. The molecule has 3 nitrogen and oxygen atoms in total. The van der Waals surface area contributed by atoms with Crippen molar-refractivity contribution in [3.63, 3.8) is 0 Å². The van der Waals surface area contributed by atoms with Gasteiger partial charge in [0, 0.05) is 19.1 Å². The second kappa shape index (κ2) is 7.93. The summed E-state index contributed by atoms with van der Waals surface area (Å²) in [5, 5.41) is 3.58. The highest BCUT2D eigenvalue weighted by atomic mass is 35.5. The molecule has 2 aliphatic heterocycles. The summed E-state index contributed by atoms with van der Waals surface area (Å²) < 4.78 is 12.9. The van der Waals surface area contributed by atoms with Gasteiger partial charge in [0.15, 0.2) is 0 Å². The van der Waals surface area contributed by atoms with Crippen molar-refractivity contribution in [1.82, 2.24) is 10.2 Å². The number of nitrogens with zero attached hydrogens (tertiary/aromatic N) is 1. The minimum atomic E-state index is -0.254. The van der Waals surface area contributed by atoms with E-state index in [1.165, 1.54) is 25.0 Å². The Labute approximate surface area is 137 Å². The zero-order valence-electron chi connectivity index (χ0n) is 12.8. The molecule has 0 saturated carbocycles. The summed E-state index contributed by atoms with van der Waals surface area (Å²) in [7, 11) is 0. The third-order valence-corrected chi connectivity index (χ3v) is 4.83. The molecule has 1 N–H and O–H groups in total. The van der Waals surface area contributed by atoms with Crippen molar-refractivity contribution in [1.29, 1.82) is 0 Å². The largest absolute Gasteiger partial charge is 0.342 e. The molecule has 2 saturated heterocycles. The molecular formula is C17H24ClFN2O. The minimum absolute atomic E-state index is 0. The number of halogens is 2. The first-order chi connectivity index (χ1) is 10.2. The molecule has 0 aliphatic carbocycles. The van der Waals surface area contributed by atoms with Crippen LogP contribution >= 0.6 is 12.4 Å². The molecule has 0 bridgehead atoms. The fourth-order valence-electron chi connectivity index (χ4n) is 3.55. The maximum absolute atomic E-state index is 12.9. The molecule has 0 spiro atoms. The topological polar surface area (TPSA) is 32.3 Å². The van der Waals surface area contributed by atoms with Crippen LogP contribution in [0.15, 0.2) is 24.3 Å². The number of hydrogen-bond donors (Lipinski definition) is 1. The smallest absolute Gasteiger partial charge is 0.226 e. The van der Waals surface area contributed by atoms with E-state index in [1.54, 1.807) is 12.1 Å². The average Bonchev–Trinajstić information content (AvgIpc) is 3.04. The van der Waals surface area contributed by atoms with Gasteiger partial charge < -0.3 is 10.2 Å². The fourth-order valence-corrected chi connectivity index (χ4v) is 3.55. The molecule has 2 aliphatic rings. The third kappa shape index (κ3) is 4.20. The number of hydrogen-bond acceptors (Lipinski definition) is 2. The summed E-state index contributed by atoms with van der Waals surface area (Å²) in [5.41, 5.74) is 0.890. The summed E-state index contributed by atoms with van der Waals surface area (Å²) in [6, 6.07) is 6.89. The van der Waals surface area contributed by atoms with Crippen molar-refractivity contribution in [2.75, 3.05) is 19.6 Å². The van der Waals surface area contributed by atoms with Crippen LogP contribution in [0, 0.1) is 11.7 Å². The molecule has 5 heteroatoms. The Morgan fingerprint density at radius 1 is 1.18 bits per heavy atom. The minimum Gasteiger partial charge on any atom is -0.342 e. The standard InChI is InChI=1S/C17H23FN2O.ClH/c18-15-5-3-13(4-6-15)12-17(21)20-10-7-14(8-11-20)16-2-1-9-19-16;/h3-6,14,16,19H,1-2,7-12H2;1H. The van der Waals surface area contributed by atoms with Gasteiger partial charge in [-0.3, -0.25) is 4.79 Å². The van der Waals surface area contributed by atoms with Gasteiger partial charge in [-0.2, -0.15) is 0 Å². The van der Waals surface area contributed by atoms with Crippen LogP contribution in [0.4, 0.5) is 4.39 Å². The lowest BCUT2D eigenvalue weighted by atomic mass is 9.88. The fraction of sp³-hybridized carbons (Fsp3) is 0.588. The lowest BCUT2D eigenvalue weighted by Gasteiger charge is -2.35. The Bertz CT molecular complexity index is 480. The van der Waals surface area contributed by atoms with Crippen LogP contribution in [0.25, 0.3) is 0 Å². The van der Waals surface area contributed by atoms with Crippen LogP contribution in [-0.4, -0.2) is 36.5 Å². The SMILES string of the molecule is Cl.O=C(Cc1ccc(F)cc1)N1CCC(C2CCCN2)CC1. The molecule has 122 valence electrons. The van der Waals surface area contributed by atoms with E-state index >= 15 is 0 Å². The quantitative estimate of drug-likeness (QED) is 0.926. The Morgan fingerprint density at radius 3 is 2.45 bits per heavy atom. The highest BCUT2D eigenvalue weighted by Gasteiger charge is 2.29. The number of rotatable bonds is 3. The molecule has 2 heterocycles. The van der Waals surface area contributed by atoms with Gasteiger partial charge in [-0.1, -0.05) is 12.1 Å². The number of benzene rings is 1. The van der Waals surface area contributed by atoms with Gasteiger partial charge in [-0.15, -0.1) is 12.4 Å². The van der Waals surface area contributed by atoms with E-state index in [4.69, 9.17) is 0 Å². The molecule has 22 heavy (non-hydrogen) atoms. The molecule has 1 aromatic rings. The lowest BCUT2D eigenvalue weighted by Crippen LogP contribution is -2.43. The van der Waals surface area contributed by atoms with E-state index in [2.05, 4.69) is 5.32 Å². The van der Waals surface area contributed by atoms with E-state index in [1.807, 2.05) is 4.90 Å². The van der Waals surface area contributed by atoms with Crippen LogP contribution in [0.5, 0.6) is 0 Å². The second-order valence-electron chi connectivity index (χ2n) is 6.22. The zero-order chi connectivity index (χ0) is 14.7. The molecule has 3 rings (SSSR count). The Hall–Kier alpha value is -1.13. The third-order valence-electron chi connectivity index (χ3n) is 4.83. The first-order valence-corrected chi connectivity index (χ1v) is 7.98. The summed E-state index contributed by atoms with van der Waals surface area (Å²) in [5.74, 6) is 0.637. The summed E-state index contributed by atoms with van der Waals surface area (Å²) in [6.45, 7) is 2.88. The van der Waals surface area contributed by atoms with Gasteiger partial charge in [0.25, 0.3) is 0 Å². The molecule has 0 aromatic heterocycles. The van der Waals surface area contributed by atoms with Gasteiger partial charge in [-0.05, 0) is 55.8 Å². The highest BCUT2D eigenvalue weighted by molar-refractivity contribution is 5.85. The number of carbonyl (C=O) groups is 1. The van der Waals surface area contributed by atoms with Crippen LogP contribution < -0.4 is 5.32 Å². The number of nitrogens with one attached hydrogen (secondary N) is 1. The van der Waals surface area contributed by atoms with Gasteiger partial charge in [0.05, 0.1) is 6.42 Å². The number of likely N-dealkylation sites (tertiary alicyclic amines) is 1. The molecule has 2 fully saturated rings. The molecular weight excluding hydrogens is 303 g/mol. The van der Waals surface area contributed by atoms with E-state index in [9.17, 15) is 9.18 Å². The molecule has 1 aromatic carbocycles. The predicted molar refractivity (Wildman–Crippen MR) is 87.7 cm³/mol. The van der Waals surface area contributed by atoms with Crippen molar-refractivity contribution in [2.24, 2.45) is 5.92 Å². The Balaban J connectivity index is 0.00000176. The summed E-state index contributed by atoms with van der Waals surface area (Å²) in [6.07, 6.45) is 5.16. The van der Waals surface area contributed by atoms with Crippen LogP contribution in [0.2, 0.25) is 0 Å². The first-order valence-electron chi connectivity index (χ1n) is 7.98. The van der Waals surface area contributed by atoms with Gasteiger partial charge in [0.1, 0.15) is 5.82 Å². The second-order valence-corrected chi connectivity index (χ2v) is 6.22. The average molecular weight is 327 g/mol. The molecule has 1 amide bonds. The van der Waals surface area contributed by atoms with Crippen molar-refractivity contribution < 1.29 is 9.18 Å². The van der Waals surface area contributed by atoms with E-state index < -0.39 is 0 Å². The molecule has 1 atom stereocenters. The van der Waals surface area contributed by atoms with E-state index in [-0.39, 0.29) is 24.1 Å². The predicted octanol–water partition coefficient (Wildman–Crippen LogP) is 2.78. The summed E-state index contributed by atoms with van der Waals surface area (Å²) in [4.78, 5) is 14.3. The van der Waals surface area contributed by atoms with E-state index in [0.29, 0.717) is 12.5 Å². The monoisotopic (exact) mass is 326 g/mol. The van der Waals surface area contributed by atoms with Crippen LogP contribution in [0.3, 0.4) is 0 Å². The maximum atomic E-state index is 12.9.